The van der Waals surface area contributed by atoms with Gasteiger partial charge in [0.15, 0.2) is 5.82 Å². The number of aromatic nitrogens is 3. The molecule has 5 nitrogen and oxygen atoms in total. The number of rotatable bonds is 6. The van der Waals surface area contributed by atoms with Gasteiger partial charge in [0.25, 0.3) is 5.91 Å². The SMILES string of the molecule is O=C(NCCCn1ccc2ccccc21)c1cnc(-c2ccccc2)nc1. The largest absolute Gasteiger partial charge is 0.352 e. The fourth-order valence-corrected chi connectivity index (χ4v) is 3.07. The third kappa shape index (κ3) is 3.87. The number of nitrogens with zero attached hydrogens (tertiary/aromatic N) is 3. The molecule has 134 valence electrons. The zero-order valence-electron chi connectivity index (χ0n) is 14.9. The lowest BCUT2D eigenvalue weighted by Crippen LogP contribution is -2.25. The number of nitrogens with one attached hydrogen (secondary N) is 1. The second-order valence-electron chi connectivity index (χ2n) is 6.34. The van der Waals surface area contributed by atoms with E-state index in [0.717, 1.165) is 18.5 Å². The van der Waals surface area contributed by atoms with Gasteiger partial charge < -0.3 is 9.88 Å². The molecule has 0 aliphatic carbocycles. The molecular weight excluding hydrogens is 336 g/mol. The summed E-state index contributed by atoms with van der Waals surface area (Å²) in [4.78, 5) is 20.9. The van der Waals surface area contributed by atoms with Crippen molar-refractivity contribution in [2.45, 2.75) is 13.0 Å². The van der Waals surface area contributed by atoms with Gasteiger partial charge in [-0.2, -0.15) is 0 Å². The van der Waals surface area contributed by atoms with Crippen LogP contribution < -0.4 is 5.32 Å². The van der Waals surface area contributed by atoms with E-state index in [4.69, 9.17) is 0 Å². The standard InChI is InChI=1S/C22H20N4O/c27-22(19-15-24-21(25-16-19)18-8-2-1-3-9-18)23-12-6-13-26-14-11-17-7-4-5-10-20(17)26/h1-5,7-11,14-16H,6,12-13H2,(H,23,27). The van der Waals surface area contributed by atoms with Crippen LogP contribution in [0.4, 0.5) is 0 Å². The van der Waals surface area contributed by atoms with Gasteiger partial charge in [0.2, 0.25) is 0 Å². The van der Waals surface area contributed by atoms with Crippen LogP contribution in [0.3, 0.4) is 0 Å². The first-order valence-electron chi connectivity index (χ1n) is 9.01. The third-order valence-electron chi connectivity index (χ3n) is 4.49. The molecule has 27 heavy (non-hydrogen) atoms. The predicted octanol–water partition coefficient (Wildman–Crippen LogP) is 3.92. The zero-order valence-corrected chi connectivity index (χ0v) is 14.9. The van der Waals surface area contributed by atoms with E-state index >= 15 is 0 Å². The van der Waals surface area contributed by atoms with Crippen molar-refractivity contribution in [1.82, 2.24) is 19.9 Å². The molecular formula is C22H20N4O. The molecule has 0 atom stereocenters. The highest BCUT2D eigenvalue weighted by Gasteiger charge is 2.08. The van der Waals surface area contributed by atoms with Gasteiger partial charge in [-0.3, -0.25) is 4.79 Å². The minimum Gasteiger partial charge on any atom is -0.352 e. The Labute approximate surface area is 157 Å². The van der Waals surface area contributed by atoms with Crippen molar-refractivity contribution < 1.29 is 4.79 Å². The van der Waals surface area contributed by atoms with Crippen molar-refractivity contribution in [3.05, 3.63) is 84.8 Å². The minimum atomic E-state index is -0.146. The fraction of sp³-hybridized carbons (Fsp3) is 0.136. The normalized spacial score (nSPS) is 10.8. The van der Waals surface area contributed by atoms with Gasteiger partial charge in [-0.25, -0.2) is 9.97 Å². The highest BCUT2D eigenvalue weighted by molar-refractivity contribution is 5.93. The van der Waals surface area contributed by atoms with E-state index < -0.39 is 0 Å². The second kappa shape index (κ2) is 7.83. The summed E-state index contributed by atoms with van der Waals surface area (Å²) in [7, 11) is 0. The molecule has 4 aromatic rings. The molecule has 1 N–H and O–H groups in total. The maximum absolute atomic E-state index is 12.3. The molecule has 0 radical (unpaired) electrons. The molecule has 0 bridgehead atoms. The summed E-state index contributed by atoms with van der Waals surface area (Å²) in [5.41, 5.74) is 2.62. The molecule has 0 spiro atoms. The maximum Gasteiger partial charge on any atom is 0.254 e. The Morgan fingerprint density at radius 3 is 2.48 bits per heavy atom. The van der Waals surface area contributed by atoms with E-state index in [1.165, 1.54) is 10.9 Å². The average molecular weight is 356 g/mol. The molecule has 1 amide bonds. The first kappa shape index (κ1) is 17.0. The Hall–Kier alpha value is -3.47. The van der Waals surface area contributed by atoms with E-state index in [-0.39, 0.29) is 5.91 Å². The molecule has 0 saturated heterocycles. The summed E-state index contributed by atoms with van der Waals surface area (Å²) in [5, 5.41) is 4.17. The molecule has 2 heterocycles. The lowest BCUT2D eigenvalue weighted by molar-refractivity contribution is 0.0952. The number of fused-ring (bicyclic) bond motifs is 1. The molecule has 0 fully saturated rings. The summed E-state index contributed by atoms with van der Waals surface area (Å²) in [5.74, 6) is 0.471. The Kier molecular flexibility index (Phi) is 4.92. The van der Waals surface area contributed by atoms with Crippen molar-refractivity contribution in [2.75, 3.05) is 6.54 Å². The molecule has 2 aromatic heterocycles. The maximum atomic E-state index is 12.3. The Bertz CT molecular complexity index is 1040. The smallest absolute Gasteiger partial charge is 0.254 e. The molecule has 5 heteroatoms. The quantitative estimate of drug-likeness (QED) is 0.533. The number of amides is 1. The van der Waals surface area contributed by atoms with Crippen LogP contribution in [0.15, 0.2) is 79.3 Å². The van der Waals surface area contributed by atoms with Crippen LogP contribution in [0.5, 0.6) is 0 Å². The number of benzene rings is 2. The Balaban J connectivity index is 1.30. The highest BCUT2D eigenvalue weighted by Crippen LogP contribution is 2.15. The van der Waals surface area contributed by atoms with Crippen LogP contribution in [-0.4, -0.2) is 27.0 Å². The van der Waals surface area contributed by atoms with E-state index in [1.807, 2.05) is 42.5 Å². The van der Waals surface area contributed by atoms with Crippen LogP contribution in [0.2, 0.25) is 0 Å². The van der Waals surface area contributed by atoms with E-state index in [9.17, 15) is 4.79 Å². The Morgan fingerprint density at radius 2 is 1.67 bits per heavy atom. The predicted molar refractivity (Wildman–Crippen MR) is 106 cm³/mol. The third-order valence-corrected chi connectivity index (χ3v) is 4.49. The number of para-hydroxylation sites is 1. The topological polar surface area (TPSA) is 59.8 Å². The lowest BCUT2D eigenvalue weighted by Gasteiger charge is -2.07. The van der Waals surface area contributed by atoms with Crippen LogP contribution >= 0.6 is 0 Å². The number of carbonyl (C=O) groups is 1. The lowest BCUT2D eigenvalue weighted by atomic mass is 10.2. The van der Waals surface area contributed by atoms with Crippen LogP contribution in [0, 0.1) is 0 Å². The van der Waals surface area contributed by atoms with Gasteiger partial charge in [-0.15, -0.1) is 0 Å². The van der Waals surface area contributed by atoms with Crippen LogP contribution in [0.1, 0.15) is 16.8 Å². The molecule has 0 saturated carbocycles. The second-order valence-corrected chi connectivity index (χ2v) is 6.34. The molecule has 4 rings (SSSR count). The summed E-state index contributed by atoms with van der Waals surface area (Å²) in [6.45, 7) is 1.46. The fourth-order valence-electron chi connectivity index (χ4n) is 3.07. The van der Waals surface area contributed by atoms with Gasteiger partial charge in [-0.05, 0) is 23.9 Å². The van der Waals surface area contributed by atoms with Crippen molar-refractivity contribution in [2.24, 2.45) is 0 Å². The molecule has 0 aliphatic heterocycles. The summed E-state index contributed by atoms with van der Waals surface area (Å²) in [6.07, 6.45) is 6.09. The van der Waals surface area contributed by atoms with Crippen molar-refractivity contribution in [1.29, 1.82) is 0 Å². The summed E-state index contributed by atoms with van der Waals surface area (Å²) in [6, 6.07) is 20.1. The number of carbonyl (C=O) groups excluding carboxylic acids is 1. The monoisotopic (exact) mass is 356 g/mol. The van der Waals surface area contributed by atoms with Crippen LogP contribution in [0.25, 0.3) is 22.3 Å². The summed E-state index contributed by atoms with van der Waals surface area (Å²) >= 11 is 0. The molecule has 0 aliphatic rings. The van der Waals surface area contributed by atoms with Gasteiger partial charge in [0.05, 0.1) is 5.56 Å². The first-order valence-corrected chi connectivity index (χ1v) is 9.01. The van der Waals surface area contributed by atoms with Gasteiger partial charge in [0, 0.05) is 42.8 Å². The van der Waals surface area contributed by atoms with Crippen LogP contribution in [-0.2, 0) is 6.54 Å². The first-order chi connectivity index (χ1) is 13.3. The van der Waals surface area contributed by atoms with E-state index in [0.29, 0.717) is 17.9 Å². The summed E-state index contributed by atoms with van der Waals surface area (Å²) < 4.78 is 2.21. The number of hydrogen-bond acceptors (Lipinski definition) is 3. The van der Waals surface area contributed by atoms with Gasteiger partial charge >= 0.3 is 0 Å². The molecule has 2 aromatic carbocycles. The van der Waals surface area contributed by atoms with Crippen molar-refractivity contribution >= 4 is 16.8 Å². The highest BCUT2D eigenvalue weighted by atomic mass is 16.1. The van der Waals surface area contributed by atoms with E-state index in [1.54, 1.807) is 12.4 Å². The van der Waals surface area contributed by atoms with Gasteiger partial charge in [0.1, 0.15) is 0 Å². The Morgan fingerprint density at radius 1 is 0.926 bits per heavy atom. The van der Waals surface area contributed by atoms with Crippen molar-refractivity contribution in [3.8, 4) is 11.4 Å². The van der Waals surface area contributed by atoms with Crippen molar-refractivity contribution in [3.63, 3.8) is 0 Å². The van der Waals surface area contributed by atoms with E-state index in [2.05, 4.69) is 44.2 Å². The molecule has 0 unspecified atom stereocenters. The van der Waals surface area contributed by atoms with Gasteiger partial charge in [-0.1, -0.05) is 48.5 Å². The number of hydrogen-bond donors (Lipinski definition) is 1. The number of aryl methyl sites for hydroxylation is 1. The zero-order chi connectivity index (χ0) is 18.5. The minimum absolute atomic E-state index is 0.146. The average Bonchev–Trinajstić information content (AvgIpc) is 3.15.